The summed E-state index contributed by atoms with van der Waals surface area (Å²) in [4.78, 5) is 2.80. The van der Waals surface area contributed by atoms with Crippen LogP contribution in [0.5, 0.6) is 0 Å². The van der Waals surface area contributed by atoms with Crippen molar-refractivity contribution in [1.82, 2.24) is 24.5 Å². The molecule has 21 heavy (non-hydrogen) atoms. The molecule has 2 heterocycles. The standard InChI is InChI=1S/C12H10F3N5S/c13-12(14,15)8-1-2-10-9(7-8)17-11(21)20(10)6-5-19-4-3-16-18-19/h1-4,7H,5-6H2,(H,17,21). The number of alkyl halides is 3. The maximum Gasteiger partial charge on any atom is 0.416 e. The molecule has 0 radical (unpaired) electrons. The van der Waals surface area contributed by atoms with E-state index in [4.69, 9.17) is 12.2 Å². The number of nitrogens with one attached hydrogen (secondary N) is 1. The Balaban J connectivity index is 1.96. The molecule has 9 heteroatoms. The fraction of sp³-hybridized carbons (Fsp3) is 0.250. The fourth-order valence-corrected chi connectivity index (χ4v) is 2.42. The molecule has 0 unspecified atom stereocenters. The fourth-order valence-electron chi connectivity index (χ4n) is 2.12. The predicted octanol–water partition coefficient (Wildman–Crippen LogP) is 3.01. The van der Waals surface area contributed by atoms with Crippen molar-refractivity contribution < 1.29 is 13.2 Å². The molecule has 0 aliphatic heterocycles. The molecule has 0 saturated carbocycles. The van der Waals surface area contributed by atoms with Gasteiger partial charge in [0.05, 0.1) is 29.3 Å². The second-order valence-electron chi connectivity index (χ2n) is 4.48. The van der Waals surface area contributed by atoms with Crippen LogP contribution in [-0.2, 0) is 19.3 Å². The van der Waals surface area contributed by atoms with E-state index >= 15 is 0 Å². The monoisotopic (exact) mass is 313 g/mol. The summed E-state index contributed by atoms with van der Waals surface area (Å²) in [5.74, 6) is 0. The second kappa shape index (κ2) is 4.99. The summed E-state index contributed by atoms with van der Waals surface area (Å²) < 4.78 is 41.8. The quantitative estimate of drug-likeness (QED) is 0.756. The third-order valence-electron chi connectivity index (χ3n) is 3.13. The van der Waals surface area contributed by atoms with Crippen molar-refractivity contribution in [2.75, 3.05) is 0 Å². The van der Waals surface area contributed by atoms with Crippen LogP contribution >= 0.6 is 12.2 Å². The summed E-state index contributed by atoms with van der Waals surface area (Å²) in [6.45, 7) is 1.02. The van der Waals surface area contributed by atoms with E-state index in [1.807, 2.05) is 0 Å². The van der Waals surface area contributed by atoms with Gasteiger partial charge in [0.25, 0.3) is 0 Å². The third kappa shape index (κ3) is 2.68. The first-order valence-electron chi connectivity index (χ1n) is 6.09. The number of aryl methyl sites for hydroxylation is 2. The molecule has 1 N–H and O–H groups in total. The lowest BCUT2D eigenvalue weighted by atomic mass is 10.2. The number of aromatic nitrogens is 5. The number of benzene rings is 1. The normalized spacial score (nSPS) is 12.1. The molecule has 110 valence electrons. The zero-order chi connectivity index (χ0) is 15.0. The van der Waals surface area contributed by atoms with Crippen LogP contribution in [0.25, 0.3) is 11.0 Å². The highest BCUT2D eigenvalue weighted by atomic mass is 32.1. The molecule has 0 aliphatic rings. The van der Waals surface area contributed by atoms with Crippen LogP contribution in [0.2, 0.25) is 0 Å². The number of halogens is 3. The minimum Gasteiger partial charge on any atom is -0.331 e. The van der Waals surface area contributed by atoms with E-state index in [9.17, 15) is 13.2 Å². The lowest BCUT2D eigenvalue weighted by Gasteiger charge is -2.07. The largest absolute Gasteiger partial charge is 0.416 e. The Hall–Kier alpha value is -2.16. The molecule has 1 aromatic carbocycles. The van der Waals surface area contributed by atoms with Crippen LogP contribution in [-0.4, -0.2) is 24.5 Å². The Morgan fingerprint density at radius 2 is 2.05 bits per heavy atom. The summed E-state index contributed by atoms with van der Waals surface area (Å²) in [5.41, 5.74) is 0.302. The Kier molecular flexibility index (Phi) is 3.28. The van der Waals surface area contributed by atoms with Crippen molar-refractivity contribution in [1.29, 1.82) is 0 Å². The molecule has 0 atom stereocenters. The highest BCUT2D eigenvalue weighted by Gasteiger charge is 2.30. The summed E-state index contributed by atoms with van der Waals surface area (Å²) in [6.07, 6.45) is -1.10. The van der Waals surface area contributed by atoms with Gasteiger partial charge in [-0.25, -0.2) is 0 Å². The van der Waals surface area contributed by atoms with Gasteiger partial charge in [-0.2, -0.15) is 13.2 Å². The zero-order valence-electron chi connectivity index (χ0n) is 10.6. The molecule has 3 rings (SSSR count). The maximum atomic E-state index is 12.7. The molecule has 0 amide bonds. The predicted molar refractivity (Wildman–Crippen MR) is 72.1 cm³/mol. The lowest BCUT2D eigenvalue weighted by Crippen LogP contribution is -2.08. The van der Waals surface area contributed by atoms with Crippen molar-refractivity contribution in [3.63, 3.8) is 0 Å². The van der Waals surface area contributed by atoms with Crippen molar-refractivity contribution in [2.24, 2.45) is 0 Å². The van der Waals surface area contributed by atoms with E-state index < -0.39 is 11.7 Å². The minimum atomic E-state index is -4.37. The Labute approximate surface area is 122 Å². The molecular formula is C12H10F3N5S. The summed E-state index contributed by atoms with van der Waals surface area (Å²) in [5, 5.41) is 7.52. The second-order valence-corrected chi connectivity index (χ2v) is 4.86. The smallest absolute Gasteiger partial charge is 0.331 e. The average Bonchev–Trinajstić information content (AvgIpc) is 3.01. The number of imidazole rings is 1. The highest BCUT2D eigenvalue weighted by Crippen LogP contribution is 2.31. The van der Waals surface area contributed by atoms with E-state index in [2.05, 4.69) is 15.3 Å². The van der Waals surface area contributed by atoms with Gasteiger partial charge in [-0.1, -0.05) is 5.21 Å². The Morgan fingerprint density at radius 1 is 1.24 bits per heavy atom. The number of hydrogen-bond acceptors (Lipinski definition) is 3. The van der Waals surface area contributed by atoms with Gasteiger partial charge in [-0.15, -0.1) is 5.10 Å². The van der Waals surface area contributed by atoms with Crippen LogP contribution in [0.4, 0.5) is 13.2 Å². The van der Waals surface area contributed by atoms with Crippen molar-refractivity contribution in [3.8, 4) is 0 Å². The van der Waals surface area contributed by atoms with Gasteiger partial charge in [-0.05, 0) is 30.4 Å². The molecule has 0 saturated heterocycles. The maximum absolute atomic E-state index is 12.7. The number of rotatable bonds is 3. The number of H-pyrrole nitrogens is 1. The summed E-state index contributed by atoms with van der Waals surface area (Å²) in [7, 11) is 0. The lowest BCUT2D eigenvalue weighted by molar-refractivity contribution is -0.137. The summed E-state index contributed by atoms with van der Waals surface area (Å²) in [6, 6.07) is 3.54. The van der Waals surface area contributed by atoms with Crippen molar-refractivity contribution in [2.45, 2.75) is 19.3 Å². The average molecular weight is 313 g/mol. The minimum absolute atomic E-state index is 0.369. The van der Waals surface area contributed by atoms with Gasteiger partial charge in [0.2, 0.25) is 0 Å². The zero-order valence-corrected chi connectivity index (χ0v) is 11.4. The van der Waals surface area contributed by atoms with Crippen LogP contribution in [0.3, 0.4) is 0 Å². The number of hydrogen-bond donors (Lipinski definition) is 1. The van der Waals surface area contributed by atoms with E-state index in [0.29, 0.717) is 28.9 Å². The molecule has 0 fully saturated rings. The molecule has 0 aliphatic carbocycles. The third-order valence-corrected chi connectivity index (χ3v) is 3.45. The molecule has 0 spiro atoms. The molecule has 0 bridgehead atoms. The van der Waals surface area contributed by atoms with Crippen LogP contribution in [0, 0.1) is 4.77 Å². The van der Waals surface area contributed by atoms with Gasteiger partial charge < -0.3 is 9.55 Å². The van der Waals surface area contributed by atoms with Gasteiger partial charge in [0.1, 0.15) is 0 Å². The Bertz CT molecular complexity index is 816. The first-order valence-corrected chi connectivity index (χ1v) is 6.50. The summed E-state index contributed by atoms with van der Waals surface area (Å²) >= 11 is 5.17. The van der Waals surface area contributed by atoms with Gasteiger partial charge in [0, 0.05) is 12.7 Å². The van der Waals surface area contributed by atoms with Crippen molar-refractivity contribution in [3.05, 3.63) is 40.9 Å². The van der Waals surface area contributed by atoms with E-state index in [1.165, 1.54) is 6.07 Å². The number of aromatic amines is 1. The van der Waals surface area contributed by atoms with Crippen molar-refractivity contribution >= 4 is 23.3 Å². The van der Waals surface area contributed by atoms with Crippen LogP contribution in [0.15, 0.2) is 30.6 Å². The van der Waals surface area contributed by atoms with Gasteiger partial charge in [0.15, 0.2) is 4.77 Å². The van der Waals surface area contributed by atoms with Crippen LogP contribution in [0.1, 0.15) is 5.56 Å². The van der Waals surface area contributed by atoms with E-state index in [0.717, 1.165) is 12.1 Å². The number of nitrogens with zero attached hydrogens (tertiary/aromatic N) is 4. The van der Waals surface area contributed by atoms with E-state index in [-0.39, 0.29) is 0 Å². The van der Waals surface area contributed by atoms with E-state index in [1.54, 1.807) is 21.6 Å². The topological polar surface area (TPSA) is 51.4 Å². The highest BCUT2D eigenvalue weighted by molar-refractivity contribution is 7.71. The Morgan fingerprint density at radius 3 is 2.71 bits per heavy atom. The first-order chi connectivity index (χ1) is 9.95. The van der Waals surface area contributed by atoms with Crippen LogP contribution < -0.4 is 0 Å². The molecule has 3 aromatic rings. The molecule has 5 nitrogen and oxygen atoms in total. The molecular weight excluding hydrogens is 303 g/mol. The van der Waals surface area contributed by atoms with Gasteiger partial charge >= 0.3 is 6.18 Å². The number of fused-ring (bicyclic) bond motifs is 1. The first kappa shape index (κ1) is 13.8. The van der Waals surface area contributed by atoms with Gasteiger partial charge in [-0.3, -0.25) is 4.68 Å². The SMILES string of the molecule is FC(F)(F)c1ccc2c(c1)[nH]c(=S)n2CCn1ccnn1. The molecule has 2 aromatic heterocycles.